The van der Waals surface area contributed by atoms with Crippen molar-refractivity contribution >= 4 is 24.0 Å². The Morgan fingerprint density at radius 3 is 2.92 bits per heavy atom. The largest absolute Gasteiger partial charge is 0.483 e. The van der Waals surface area contributed by atoms with E-state index in [0.29, 0.717) is 44.8 Å². The molecule has 0 saturated carbocycles. The number of anilines is 2. The fourth-order valence-electron chi connectivity index (χ4n) is 3.44. The van der Waals surface area contributed by atoms with Crippen LogP contribution in [-0.4, -0.2) is 76.6 Å². The number of hydrogen-bond acceptors (Lipinski definition) is 8. The molecule has 2 atom stereocenters. The van der Waals surface area contributed by atoms with Crippen molar-refractivity contribution in [1.82, 2.24) is 15.3 Å². The number of aliphatic hydroxyl groups excluding tert-OH is 2. The number of nitrogens with zero attached hydrogens (tertiary/aromatic N) is 3. The van der Waals surface area contributed by atoms with Gasteiger partial charge in [0.05, 0.1) is 18.1 Å². The quantitative estimate of drug-likeness (QED) is 0.425. The Kier molecular flexibility index (Phi) is 7.10. The minimum atomic E-state index is -0.750. The molecule has 5 N–H and O–H groups in total. The molecule has 144 valence electrons. The first-order valence-electron chi connectivity index (χ1n) is 8.53. The van der Waals surface area contributed by atoms with Gasteiger partial charge in [0.15, 0.2) is 0 Å². The Hall–Kier alpha value is -2.46. The van der Waals surface area contributed by atoms with Gasteiger partial charge in [0, 0.05) is 32.2 Å². The number of rotatable bonds is 4. The molecule has 2 aliphatic rings. The Balaban J connectivity index is 0.000000758. The Morgan fingerprint density at radius 1 is 1.46 bits per heavy atom. The van der Waals surface area contributed by atoms with Crippen LogP contribution in [0.5, 0.6) is 0 Å². The first-order chi connectivity index (χ1) is 12.6. The maximum Gasteiger partial charge on any atom is 0.290 e. The van der Waals surface area contributed by atoms with Gasteiger partial charge in [-0.3, -0.25) is 9.59 Å². The van der Waals surface area contributed by atoms with E-state index in [-0.39, 0.29) is 19.0 Å². The molecule has 2 saturated heterocycles. The summed E-state index contributed by atoms with van der Waals surface area (Å²) >= 11 is 0. The maximum absolute atomic E-state index is 12.4. The SMILES string of the molecule is O=C1NCCC[C@]12CN(c1cc(NCCO)ncn1)CC[C@@H]2O.O=CO. The zero-order chi connectivity index (χ0) is 19.0. The molecule has 1 amide bonds. The molecular weight excluding hydrogens is 342 g/mol. The van der Waals surface area contributed by atoms with E-state index in [0.717, 1.165) is 12.2 Å². The van der Waals surface area contributed by atoms with Gasteiger partial charge in [-0.05, 0) is 19.3 Å². The van der Waals surface area contributed by atoms with Crippen molar-refractivity contribution in [2.24, 2.45) is 5.41 Å². The van der Waals surface area contributed by atoms with Gasteiger partial charge in [-0.25, -0.2) is 9.97 Å². The van der Waals surface area contributed by atoms with Crippen LogP contribution in [0.1, 0.15) is 19.3 Å². The summed E-state index contributed by atoms with van der Waals surface area (Å²) in [7, 11) is 0. The van der Waals surface area contributed by atoms with Crippen LogP contribution in [0.2, 0.25) is 0 Å². The monoisotopic (exact) mass is 367 g/mol. The molecule has 1 spiro atoms. The summed E-state index contributed by atoms with van der Waals surface area (Å²) in [5.74, 6) is 1.30. The van der Waals surface area contributed by atoms with Gasteiger partial charge in [0.1, 0.15) is 18.0 Å². The lowest BCUT2D eigenvalue weighted by molar-refractivity contribution is -0.142. The summed E-state index contributed by atoms with van der Waals surface area (Å²) in [4.78, 5) is 31.2. The summed E-state index contributed by atoms with van der Waals surface area (Å²) in [5.41, 5.74) is -0.750. The molecule has 0 unspecified atom stereocenters. The second kappa shape index (κ2) is 9.30. The van der Waals surface area contributed by atoms with Gasteiger partial charge in [-0.1, -0.05) is 0 Å². The van der Waals surface area contributed by atoms with E-state index in [1.54, 1.807) is 0 Å². The van der Waals surface area contributed by atoms with Crippen molar-refractivity contribution in [2.75, 3.05) is 43.0 Å². The third-order valence-electron chi connectivity index (χ3n) is 4.72. The van der Waals surface area contributed by atoms with Gasteiger partial charge in [-0.15, -0.1) is 0 Å². The minimum Gasteiger partial charge on any atom is -0.483 e. The van der Waals surface area contributed by atoms with E-state index < -0.39 is 11.5 Å². The number of carbonyl (C=O) groups excluding carboxylic acids is 1. The van der Waals surface area contributed by atoms with E-state index in [4.69, 9.17) is 15.0 Å². The van der Waals surface area contributed by atoms with Crippen molar-refractivity contribution < 1.29 is 24.9 Å². The van der Waals surface area contributed by atoms with Gasteiger partial charge in [0.25, 0.3) is 6.47 Å². The molecule has 10 heteroatoms. The highest BCUT2D eigenvalue weighted by atomic mass is 16.3. The average Bonchev–Trinajstić information content (AvgIpc) is 2.65. The number of hydrogen-bond donors (Lipinski definition) is 5. The lowest BCUT2D eigenvalue weighted by Crippen LogP contribution is -2.61. The first-order valence-corrected chi connectivity index (χ1v) is 8.53. The number of carbonyl (C=O) groups is 2. The highest BCUT2D eigenvalue weighted by Gasteiger charge is 2.50. The Bertz CT molecular complexity index is 616. The van der Waals surface area contributed by atoms with Crippen LogP contribution in [0.25, 0.3) is 0 Å². The van der Waals surface area contributed by atoms with Crippen LogP contribution >= 0.6 is 0 Å². The molecule has 26 heavy (non-hydrogen) atoms. The molecule has 0 aromatic carbocycles. The molecule has 2 fully saturated rings. The van der Waals surface area contributed by atoms with Crippen LogP contribution in [0, 0.1) is 5.41 Å². The van der Waals surface area contributed by atoms with Crippen molar-refractivity contribution in [3.05, 3.63) is 12.4 Å². The third-order valence-corrected chi connectivity index (χ3v) is 4.72. The fourth-order valence-corrected chi connectivity index (χ4v) is 3.44. The van der Waals surface area contributed by atoms with Gasteiger partial charge in [0.2, 0.25) is 5.91 Å². The Morgan fingerprint density at radius 2 is 2.23 bits per heavy atom. The maximum atomic E-state index is 12.4. The molecule has 2 aliphatic heterocycles. The molecule has 3 heterocycles. The van der Waals surface area contributed by atoms with E-state index in [2.05, 4.69) is 20.6 Å². The molecule has 0 bridgehead atoms. The average molecular weight is 367 g/mol. The van der Waals surface area contributed by atoms with Crippen molar-refractivity contribution in [3.63, 3.8) is 0 Å². The highest BCUT2D eigenvalue weighted by molar-refractivity contribution is 5.85. The molecule has 1 aromatic rings. The van der Waals surface area contributed by atoms with Crippen molar-refractivity contribution in [1.29, 1.82) is 0 Å². The predicted molar refractivity (Wildman–Crippen MR) is 93.8 cm³/mol. The normalized spacial score (nSPS) is 25.1. The fraction of sp³-hybridized carbons (Fsp3) is 0.625. The molecular formula is C16H25N5O5. The van der Waals surface area contributed by atoms with Gasteiger partial charge >= 0.3 is 0 Å². The van der Waals surface area contributed by atoms with E-state index in [9.17, 15) is 9.90 Å². The first kappa shape index (κ1) is 19.9. The lowest BCUT2D eigenvalue weighted by Gasteiger charge is -2.47. The van der Waals surface area contributed by atoms with E-state index >= 15 is 0 Å². The summed E-state index contributed by atoms with van der Waals surface area (Å²) in [6.07, 6.45) is 2.96. The van der Waals surface area contributed by atoms with Crippen LogP contribution in [0.15, 0.2) is 12.4 Å². The van der Waals surface area contributed by atoms with Gasteiger partial charge in [-0.2, -0.15) is 0 Å². The van der Waals surface area contributed by atoms with Crippen molar-refractivity contribution in [2.45, 2.75) is 25.4 Å². The number of carboxylic acid groups (broad SMARTS) is 1. The van der Waals surface area contributed by atoms with Crippen LogP contribution in [0.4, 0.5) is 11.6 Å². The number of nitrogens with one attached hydrogen (secondary N) is 2. The zero-order valence-corrected chi connectivity index (χ0v) is 14.5. The third kappa shape index (κ3) is 4.38. The number of piperidine rings is 2. The number of aliphatic hydroxyl groups is 2. The lowest BCUT2D eigenvalue weighted by atomic mass is 9.71. The topological polar surface area (TPSA) is 148 Å². The molecule has 3 rings (SSSR count). The van der Waals surface area contributed by atoms with Crippen LogP contribution in [0.3, 0.4) is 0 Å². The summed E-state index contributed by atoms with van der Waals surface area (Å²) in [6, 6.07) is 1.81. The van der Waals surface area contributed by atoms with Crippen LogP contribution in [-0.2, 0) is 9.59 Å². The van der Waals surface area contributed by atoms with E-state index in [1.807, 2.05) is 11.0 Å². The van der Waals surface area contributed by atoms with Crippen molar-refractivity contribution in [3.8, 4) is 0 Å². The predicted octanol–water partition coefficient (Wildman–Crippen LogP) is -0.951. The van der Waals surface area contributed by atoms with Gasteiger partial charge < -0.3 is 30.9 Å². The summed E-state index contributed by atoms with van der Waals surface area (Å²) in [6.45, 7) is 1.97. The standard InChI is InChI=1S/C15H23N5O3.CH2O2/c21-7-5-16-12-8-13(19-10-18-12)20-6-2-11(22)15(9-20)3-1-4-17-14(15)23;2-1-3/h8,10-11,21-22H,1-7,9H2,(H,17,23)(H,16,18,19);1H,(H,2,3)/t11-,15+;/m0./s1. The number of amides is 1. The smallest absolute Gasteiger partial charge is 0.290 e. The second-order valence-corrected chi connectivity index (χ2v) is 6.26. The molecule has 10 nitrogen and oxygen atoms in total. The van der Waals surface area contributed by atoms with Crippen LogP contribution < -0.4 is 15.5 Å². The second-order valence-electron chi connectivity index (χ2n) is 6.26. The Labute approximate surface area is 151 Å². The number of aromatic nitrogens is 2. The zero-order valence-electron chi connectivity index (χ0n) is 14.5. The summed E-state index contributed by atoms with van der Waals surface area (Å²) in [5, 5.41) is 32.1. The molecule has 0 radical (unpaired) electrons. The highest BCUT2D eigenvalue weighted by Crippen LogP contribution is 2.38. The summed E-state index contributed by atoms with van der Waals surface area (Å²) < 4.78 is 0. The van der Waals surface area contributed by atoms with E-state index in [1.165, 1.54) is 6.33 Å². The molecule has 0 aliphatic carbocycles. The minimum absolute atomic E-state index is 0.0263. The molecule has 1 aromatic heterocycles.